The first-order valence-electron chi connectivity index (χ1n) is 6.80. The Labute approximate surface area is 104 Å². The summed E-state index contributed by atoms with van der Waals surface area (Å²) in [5, 5.41) is 9.38. The van der Waals surface area contributed by atoms with Gasteiger partial charge in [0.15, 0.2) is 0 Å². The molecule has 2 rings (SSSR count). The molecule has 0 aromatic heterocycles. The smallest absolute Gasteiger partial charge is 0.0985 e. The molecule has 0 amide bonds. The van der Waals surface area contributed by atoms with Crippen molar-refractivity contribution in [2.45, 2.75) is 46.1 Å². The van der Waals surface area contributed by atoms with Gasteiger partial charge < -0.3 is 9.84 Å². The van der Waals surface area contributed by atoms with E-state index in [1.165, 1.54) is 24.0 Å². The summed E-state index contributed by atoms with van der Waals surface area (Å²) >= 11 is 0. The van der Waals surface area contributed by atoms with Gasteiger partial charge in [-0.3, -0.25) is 0 Å². The van der Waals surface area contributed by atoms with Crippen molar-refractivity contribution >= 4 is 0 Å². The third-order valence-corrected chi connectivity index (χ3v) is 4.25. The Morgan fingerprint density at radius 3 is 2.82 bits per heavy atom. The second-order valence-electron chi connectivity index (χ2n) is 5.66. The van der Waals surface area contributed by atoms with Crippen molar-refractivity contribution in [2.24, 2.45) is 17.8 Å². The van der Waals surface area contributed by atoms with Crippen LogP contribution in [0, 0.1) is 17.8 Å². The van der Waals surface area contributed by atoms with Crippen LogP contribution in [0.2, 0.25) is 0 Å². The van der Waals surface area contributed by atoms with Crippen molar-refractivity contribution in [1.82, 2.24) is 0 Å². The van der Waals surface area contributed by atoms with Crippen molar-refractivity contribution in [2.75, 3.05) is 6.61 Å². The van der Waals surface area contributed by atoms with Crippen molar-refractivity contribution in [3.8, 4) is 0 Å². The first kappa shape index (κ1) is 12.7. The van der Waals surface area contributed by atoms with E-state index in [4.69, 9.17) is 4.74 Å². The molecule has 2 nitrogen and oxygen atoms in total. The van der Waals surface area contributed by atoms with Crippen molar-refractivity contribution < 1.29 is 9.84 Å². The molecule has 1 aliphatic heterocycles. The average molecular weight is 236 g/mol. The molecule has 17 heavy (non-hydrogen) atoms. The van der Waals surface area contributed by atoms with Crippen LogP contribution < -0.4 is 0 Å². The lowest BCUT2D eigenvalue weighted by Crippen LogP contribution is -2.25. The maximum atomic E-state index is 9.38. The Bertz CT molecular complexity index is 330. The first-order chi connectivity index (χ1) is 8.13. The summed E-state index contributed by atoms with van der Waals surface area (Å²) in [4.78, 5) is 0. The van der Waals surface area contributed by atoms with Crippen molar-refractivity contribution in [1.29, 1.82) is 0 Å². The van der Waals surface area contributed by atoms with Crippen LogP contribution in [0.15, 0.2) is 23.5 Å². The molecule has 0 spiro atoms. The van der Waals surface area contributed by atoms with E-state index in [2.05, 4.69) is 26.8 Å². The van der Waals surface area contributed by atoms with E-state index in [9.17, 15) is 5.11 Å². The van der Waals surface area contributed by atoms with E-state index in [1.807, 2.05) is 6.26 Å². The van der Waals surface area contributed by atoms with E-state index in [1.54, 1.807) is 0 Å². The highest BCUT2D eigenvalue weighted by Crippen LogP contribution is 2.42. The summed E-state index contributed by atoms with van der Waals surface area (Å²) < 4.78 is 5.75. The summed E-state index contributed by atoms with van der Waals surface area (Å²) in [6.07, 6.45) is 7.99. The lowest BCUT2D eigenvalue weighted by molar-refractivity contribution is 0.155. The third-order valence-electron chi connectivity index (χ3n) is 4.25. The number of aliphatic hydroxyl groups is 1. The second kappa shape index (κ2) is 5.26. The number of hydrogen-bond acceptors (Lipinski definition) is 2. The van der Waals surface area contributed by atoms with Crippen LogP contribution in [-0.2, 0) is 4.74 Å². The van der Waals surface area contributed by atoms with Crippen LogP contribution in [0.5, 0.6) is 0 Å². The highest BCUT2D eigenvalue weighted by atomic mass is 16.5. The molecule has 2 heteroatoms. The lowest BCUT2D eigenvalue weighted by Gasteiger charge is -2.34. The molecule has 0 radical (unpaired) electrons. The van der Waals surface area contributed by atoms with Crippen molar-refractivity contribution in [3.63, 3.8) is 0 Å². The highest BCUT2D eigenvalue weighted by Gasteiger charge is 2.32. The molecule has 2 aliphatic rings. The van der Waals surface area contributed by atoms with Gasteiger partial charge in [-0.1, -0.05) is 19.9 Å². The minimum Gasteiger partial charge on any atom is -0.498 e. The van der Waals surface area contributed by atoms with Gasteiger partial charge in [0.1, 0.15) is 0 Å². The standard InChI is InChI=1S/C15H24O2/c1-10-4-6-14(11(2)8-16)15-9-17-12(3)5-7-13(10)15/h7,9-12,14,16H,4-6,8H2,1-3H3/t10-,11+,12+,14+/m1/s1. The molecule has 1 aliphatic carbocycles. The monoisotopic (exact) mass is 236 g/mol. The SMILES string of the molecule is C[C@@H]1CC[C@@H]([C@@H](C)CO)C2=CO[C@@H](C)CC=C21. The molecule has 1 N–H and O–H groups in total. The quantitative estimate of drug-likeness (QED) is 0.797. The molecule has 96 valence electrons. The zero-order valence-corrected chi connectivity index (χ0v) is 11.1. The van der Waals surface area contributed by atoms with Gasteiger partial charge in [-0.05, 0) is 48.7 Å². The van der Waals surface area contributed by atoms with E-state index in [0.717, 1.165) is 6.42 Å². The molecule has 0 aromatic carbocycles. The topological polar surface area (TPSA) is 29.5 Å². The normalized spacial score (nSPS) is 34.9. The van der Waals surface area contributed by atoms with Gasteiger partial charge in [0, 0.05) is 13.0 Å². The van der Waals surface area contributed by atoms with E-state index in [0.29, 0.717) is 17.8 Å². The zero-order valence-electron chi connectivity index (χ0n) is 11.1. The van der Waals surface area contributed by atoms with Crippen molar-refractivity contribution in [3.05, 3.63) is 23.5 Å². The van der Waals surface area contributed by atoms with E-state index < -0.39 is 0 Å². The van der Waals surface area contributed by atoms with Gasteiger partial charge in [0.2, 0.25) is 0 Å². The molecule has 1 heterocycles. The Morgan fingerprint density at radius 1 is 1.35 bits per heavy atom. The Balaban J connectivity index is 2.28. The Morgan fingerprint density at radius 2 is 2.12 bits per heavy atom. The van der Waals surface area contributed by atoms with Gasteiger partial charge in [-0.2, -0.15) is 0 Å². The Hall–Kier alpha value is -0.760. The van der Waals surface area contributed by atoms with Gasteiger partial charge in [-0.15, -0.1) is 0 Å². The lowest BCUT2D eigenvalue weighted by atomic mass is 9.71. The largest absolute Gasteiger partial charge is 0.498 e. The summed E-state index contributed by atoms with van der Waals surface area (Å²) in [6, 6.07) is 0. The van der Waals surface area contributed by atoms with Crippen LogP contribution >= 0.6 is 0 Å². The van der Waals surface area contributed by atoms with Crippen LogP contribution in [0.25, 0.3) is 0 Å². The summed E-state index contributed by atoms with van der Waals surface area (Å²) in [5.74, 6) is 1.43. The summed E-state index contributed by atoms with van der Waals surface area (Å²) in [7, 11) is 0. The first-order valence-corrected chi connectivity index (χ1v) is 6.80. The van der Waals surface area contributed by atoms with Crippen LogP contribution in [0.4, 0.5) is 0 Å². The molecule has 1 saturated carbocycles. The zero-order chi connectivity index (χ0) is 12.4. The van der Waals surface area contributed by atoms with E-state index in [-0.39, 0.29) is 12.7 Å². The number of fused-ring (bicyclic) bond motifs is 1. The molecule has 0 bridgehead atoms. The number of hydrogen-bond donors (Lipinski definition) is 1. The average Bonchev–Trinajstić information content (AvgIpc) is 2.52. The van der Waals surface area contributed by atoms with Crippen LogP contribution in [0.3, 0.4) is 0 Å². The van der Waals surface area contributed by atoms with Gasteiger partial charge >= 0.3 is 0 Å². The maximum Gasteiger partial charge on any atom is 0.0985 e. The number of rotatable bonds is 2. The number of aliphatic hydroxyl groups excluding tert-OH is 1. The number of ether oxygens (including phenoxy) is 1. The molecule has 0 saturated heterocycles. The third kappa shape index (κ3) is 2.57. The molecule has 0 unspecified atom stereocenters. The predicted octanol–water partition coefficient (Wildman–Crippen LogP) is 3.28. The molecule has 0 aromatic rings. The minimum absolute atomic E-state index is 0.263. The second-order valence-corrected chi connectivity index (χ2v) is 5.66. The van der Waals surface area contributed by atoms with Gasteiger partial charge in [-0.25, -0.2) is 0 Å². The van der Waals surface area contributed by atoms with Gasteiger partial charge in [0.25, 0.3) is 0 Å². The fourth-order valence-electron chi connectivity index (χ4n) is 2.97. The predicted molar refractivity (Wildman–Crippen MR) is 69.5 cm³/mol. The minimum atomic E-state index is 0.263. The van der Waals surface area contributed by atoms with Gasteiger partial charge in [0.05, 0.1) is 12.4 Å². The maximum absolute atomic E-state index is 9.38. The van der Waals surface area contributed by atoms with Crippen LogP contribution in [0.1, 0.15) is 40.0 Å². The molecule has 4 atom stereocenters. The molecular weight excluding hydrogens is 212 g/mol. The fraction of sp³-hybridized carbons (Fsp3) is 0.733. The summed E-state index contributed by atoms with van der Waals surface area (Å²) in [5.41, 5.74) is 2.81. The fourth-order valence-corrected chi connectivity index (χ4v) is 2.97. The Kier molecular flexibility index (Phi) is 3.93. The summed E-state index contributed by atoms with van der Waals surface area (Å²) in [6.45, 7) is 6.81. The molecule has 1 fully saturated rings. The van der Waals surface area contributed by atoms with E-state index >= 15 is 0 Å². The van der Waals surface area contributed by atoms with Crippen LogP contribution in [-0.4, -0.2) is 17.8 Å². The number of allylic oxidation sites excluding steroid dienone is 2. The molecular formula is C15H24O2. The highest BCUT2D eigenvalue weighted by molar-refractivity contribution is 5.37.